The van der Waals surface area contributed by atoms with Gasteiger partial charge in [0.1, 0.15) is 5.75 Å². The number of nitrogens with one attached hydrogen (secondary N) is 1. The third-order valence-electron chi connectivity index (χ3n) is 3.09. The minimum atomic E-state index is -0.871. The van der Waals surface area contributed by atoms with Crippen molar-refractivity contribution in [2.45, 2.75) is 39.2 Å². The van der Waals surface area contributed by atoms with E-state index in [0.29, 0.717) is 17.7 Å². The number of carboxylic acid groups (broad SMARTS) is 1. The van der Waals surface area contributed by atoms with Crippen LogP contribution in [0.25, 0.3) is 0 Å². The Hall–Kier alpha value is -2.04. The first kappa shape index (κ1) is 16.0. The SMILES string of the molecule is COc1cc(C(=O)NC(C)(C)CCC(=O)O)ccc1C. The molecule has 0 spiro atoms. The van der Waals surface area contributed by atoms with Crippen LogP contribution in [-0.2, 0) is 4.79 Å². The van der Waals surface area contributed by atoms with E-state index in [1.54, 1.807) is 33.1 Å². The predicted molar refractivity (Wildman–Crippen MR) is 76.1 cm³/mol. The molecule has 0 aromatic heterocycles. The molecule has 0 saturated carbocycles. The van der Waals surface area contributed by atoms with Gasteiger partial charge in [-0.15, -0.1) is 0 Å². The summed E-state index contributed by atoms with van der Waals surface area (Å²) in [5, 5.41) is 11.5. The number of methoxy groups -OCH3 is 1. The van der Waals surface area contributed by atoms with Crippen LogP contribution >= 0.6 is 0 Å². The number of benzene rings is 1. The molecule has 1 aromatic carbocycles. The molecule has 0 bridgehead atoms. The maximum Gasteiger partial charge on any atom is 0.303 e. The lowest BCUT2D eigenvalue weighted by Gasteiger charge is -2.25. The molecule has 0 aliphatic heterocycles. The maximum absolute atomic E-state index is 12.2. The maximum atomic E-state index is 12.2. The first-order valence-corrected chi connectivity index (χ1v) is 6.44. The minimum Gasteiger partial charge on any atom is -0.496 e. The van der Waals surface area contributed by atoms with E-state index in [0.717, 1.165) is 5.56 Å². The molecule has 0 fully saturated rings. The van der Waals surface area contributed by atoms with Crippen LogP contribution in [0.15, 0.2) is 18.2 Å². The van der Waals surface area contributed by atoms with E-state index >= 15 is 0 Å². The van der Waals surface area contributed by atoms with Gasteiger partial charge in [0.2, 0.25) is 0 Å². The number of hydrogen-bond donors (Lipinski definition) is 2. The van der Waals surface area contributed by atoms with Gasteiger partial charge in [0.15, 0.2) is 0 Å². The van der Waals surface area contributed by atoms with Crippen molar-refractivity contribution in [3.8, 4) is 5.75 Å². The lowest BCUT2D eigenvalue weighted by atomic mass is 9.97. The average Bonchev–Trinajstić information content (AvgIpc) is 2.36. The standard InChI is InChI=1S/C15H21NO4/c1-10-5-6-11(9-12(10)20-4)14(19)16-15(2,3)8-7-13(17)18/h5-6,9H,7-8H2,1-4H3,(H,16,19)(H,17,18). The summed E-state index contributed by atoms with van der Waals surface area (Å²) in [6.07, 6.45) is 0.390. The summed E-state index contributed by atoms with van der Waals surface area (Å²) in [5.41, 5.74) is 0.873. The number of amides is 1. The zero-order chi connectivity index (χ0) is 15.3. The largest absolute Gasteiger partial charge is 0.496 e. The fraction of sp³-hybridized carbons (Fsp3) is 0.467. The molecule has 1 aromatic rings. The van der Waals surface area contributed by atoms with Crippen molar-refractivity contribution < 1.29 is 19.4 Å². The van der Waals surface area contributed by atoms with Gasteiger partial charge in [-0.2, -0.15) is 0 Å². The number of aliphatic carboxylic acids is 1. The number of aryl methyl sites for hydroxylation is 1. The molecule has 1 rings (SSSR count). The van der Waals surface area contributed by atoms with E-state index < -0.39 is 11.5 Å². The normalized spacial score (nSPS) is 11.0. The lowest BCUT2D eigenvalue weighted by Crippen LogP contribution is -2.43. The van der Waals surface area contributed by atoms with Gasteiger partial charge < -0.3 is 15.2 Å². The molecule has 0 heterocycles. The van der Waals surface area contributed by atoms with Gasteiger partial charge in [0.25, 0.3) is 5.91 Å². The van der Waals surface area contributed by atoms with Crippen LogP contribution in [0.3, 0.4) is 0 Å². The third kappa shape index (κ3) is 4.57. The molecule has 110 valence electrons. The molecule has 0 unspecified atom stereocenters. The van der Waals surface area contributed by atoms with Crippen molar-refractivity contribution in [1.82, 2.24) is 5.32 Å². The van der Waals surface area contributed by atoms with E-state index in [2.05, 4.69) is 5.32 Å². The van der Waals surface area contributed by atoms with Gasteiger partial charge in [-0.1, -0.05) is 6.07 Å². The first-order valence-electron chi connectivity index (χ1n) is 6.44. The highest BCUT2D eigenvalue weighted by Crippen LogP contribution is 2.20. The predicted octanol–water partition coefficient (Wildman–Crippen LogP) is 2.38. The van der Waals surface area contributed by atoms with Crippen molar-refractivity contribution in [3.05, 3.63) is 29.3 Å². The second-order valence-electron chi connectivity index (χ2n) is 5.42. The Bertz CT molecular complexity index is 509. The van der Waals surface area contributed by atoms with Crippen LogP contribution in [0.4, 0.5) is 0 Å². The zero-order valence-corrected chi connectivity index (χ0v) is 12.3. The molecule has 5 heteroatoms. The van der Waals surface area contributed by atoms with Gasteiger partial charge >= 0.3 is 5.97 Å². The van der Waals surface area contributed by atoms with Crippen LogP contribution in [0.2, 0.25) is 0 Å². The van der Waals surface area contributed by atoms with E-state index in [1.807, 2.05) is 13.0 Å². The van der Waals surface area contributed by atoms with E-state index in [1.165, 1.54) is 0 Å². The smallest absolute Gasteiger partial charge is 0.303 e. The quantitative estimate of drug-likeness (QED) is 0.838. The van der Waals surface area contributed by atoms with Crippen molar-refractivity contribution in [3.63, 3.8) is 0 Å². The lowest BCUT2D eigenvalue weighted by molar-refractivity contribution is -0.137. The first-order chi connectivity index (χ1) is 9.25. The van der Waals surface area contributed by atoms with Gasteiger partial charge in [0.05, 0.1) is 7.11 Å². The molecule has 20 heavy (non-hydrogen) atoms. The summed E-state index contributed by atoms with van der Waals surface area (Å²) in [6, 6.07) is 5.22. The molecule has 0 saturated heterocycles. The summed E-state index contributed by atoms with van der Waals surface area (Å²) >= 11 is 0. The summed E-state index contributed by atoms with van der Waals surface area (Å²) in [7, 11) is 1.56. The second-order valence-corrected chi connectivity index (χ2v) is 5.42. The van der Waals surface area contributed by atoms with Crippen molar-refractivity contribution >= 4 is 11.9 Å². The van der Waals surface area contributed by atoms with Crippen LogP contribution in [0.5, 0.6) is 5.75 Å². The fourth-order valence-corrected chi connectivity index (χ4v) is 1.82. The Kier molecular flexibility index (Phi) is 5.13. The third-order valence-corrected chi connectivity index (χ3v) is 3.09. The topological polar surface area (TPSA) is 75.6 Å². The molecule has 5 nitrogen and oxygen atoms in total. The molecule has 1 amide bonds. The van der Waals surface area contributed by atoms with E-state index in [-0.39, 0.29) is 12.3 Å². The van der Waals surface area contributed by atoms with Gasteiger partial charge in [-0.25, -0.2) is 0 Å². The Morgan fingerprint density at radius 3 is 2.55 bits per heavy atom. The fourth-order valence-electron chi connectivity index (χ4n) is 1.82. The molecule has 0 aliphatic rings. The molecule has 2 N–H and O–H groups in total. The van der Waals surface area contributed by atoms with Gasteiger partial charge in [-0.3, -0.25) is 9.59 Å². The van der Waals surface area contributed by atoms with Gasteiger partial charge in [0, 0.05) is 17.5 Å². The number of rotatable bonds is 6. The van der Waals surface area contributed by atoms with Crippen LogP contribution in [0.1, 0.15) is 42.6 Å². The number of carbonyl (C=O) groups excluding carboxylic acids is 1. The summed E-state index contributed by atoms with van der Waals surface area (Å²) in [5.74, 6) is -0.455. The van der Waals surface area contributed by atoms with E-state index in [4.69, 9.17) is 9.84 Å². The zero-order valence-electron chi connectivity index (χ0n) is 12.3. The second kappa shape index (κ2) is 6.41. The molecular weight excluding hydrogens is 258 g/mol. The Morgan fingerprint density at radius 2 is 2.00 bits per heavy atom. The summed E-state index contributed by atoms with van der Waals surface area (Å²) in [4.78, 5) is 22.8. The molecule has 0 atom stereocenters. The molecular formula is C15H21NO4. The number of ether oxygens (including phenoxy) is 1. The Balaban J connectivity index is 2.77. The number of hydrogen-bond acceptors (Lipinski definition) is 3. The number of carboxylic acids is 1. The van der Waals surface area contributed by atoms with E-state index in [9.17, 15) is 9.59 Å². The van der Waals surface area contributed by atoms with Crippen LogP contribution < -0.4 is 10.1 Å². The highest BCUT2D eigenvalue weighted by Gasteiger charge is 2.22. The minimum absolute atomic E-state index is 0.0184. The Labute approximate surface area is 118 Å². The van der Waals surface area contributed by atoms with Crippen LogP contribution in [-0.4, -0.2) is 29.6 Å². The number of carbonyl (C=O) groups is 2. The highest BCUT2D eigenvalue weighted by molar-refractivity contribution is 5.95. The Morgan fingerprint density at radius 1 is 1.35 bits per heavy atom. The van der Waals surface area contributed by atoms with Crippen molar-refractivity contribution in [2.75, 3.05) is 7.11 Å². The van der Waals surface area contributed by atoms with Crippen LogP contribution in [0, 0.1) is 6.92 Å². The summed E-state index contributed by atoms with van der Waals surface area (Å²) in [6.45, 7) is 5.51. The average molecular weight is 279 g/mol. The summed E-state index contributed by atoms with van der Waals surface area (Å²) < 4.78 is 5.19. The molecule has 0 aliphatic carbocycles. The highest BCUT2D eigenvalue weighted by atomic mass is 16.5. The monoisotopic (exact) mass is 279 g/mol. The molecule has 0 radical (unpaired) electrons. The van der Waals surface area contributed by atoms with Crippen molar-refractivity contribution in [1.29, 1.82) is 0 Å². The van der Waals surface area contributed by atoms with Gasteiger partial charge in [-0.05, 0) is 44.9 Å². The van der Waals surface area contributed by atoms with Crippen molar-refractivity contribution in [2.24, 2.45) is 0 Å².